The summed E-state index contributed by atoms with van der Waals surface area (Å²) < 4.78 is 5.52. The van der Waals surface area contributed by atoms with Crippen LogP contribution < -0.4 is 5.32 Å². The highest BCUT2D eigenvalue weighted by Gasteiger charge is 2.20. The van der Waals surface area contributed by atoms with E-state index in [2.05, 4.69) is 43.5 Å². The SMILES string of the molecule is CCCCCCCCC/C=C\CCCCCCCCCC(=O)OCCCCCCCCCCCCCCCCCCCC/C=C\CCCCCCCCCCCCCCCCCCCC(=O)NC(CO)C(O)CCCCCCCCCCCCCCCCCCCCCCC. The molecule has 0 aliphatic carbocycles. The van der Waals surface area contributed by atoms with Crippen molar-refractivity contribution in [1.82, 2.24) is 5.32 Å². The average Bonchev–Trinajstić information content (AvgIpc) is 2.99. The van der Waals surface area contributed by atoms with Crippen molar-refractivity contribution in [2.45, 2.75) is 520 Å². The Kier molecular flexibility index (Phi) is 83.3. The summed E-state index contributed by atoms with van der Waals surface area (Å²) in [6.45, 7) is 5.01. The van der Waals surface area contributed by atoms with E-state index in [-0.39, 0.29) is 18.5 Å². The first-order valence-electron chi connectivity index (χ1n) is 44.1. The molecule has 0 bridgehead atoms. The van der Waals surface area contributed by atoms with E-state index >= 15 is 0 Å². The van der Waals surface area contributed by atoms with Crippen LogP contribution in [0.2, 0.25) is 0 Å². The Morgan fingerprint density at radius 2 is 0.495 bits per heavy atom. The number of carbonyl (C=O) groups is 2. The number of carbonyl (C=O) groups excluding carboxylic acids is 2. The van der Waals surface area contributed by atoms with Crippen LogP contribution in [0.3, 0.4) is 0 Å². The van der Waals surface area contributed by atoms with Crippen LogP contribution in [-0.4, -0.2) is 47.4 Å². The molecule has 0 saturated carbocycles. The largest absolute Gasteiger partial charge is 0.466 e. The number of esters is 1. The molecule has 0 radical (unpaired) electrons. The number of rotatable bonds is 84. The van der Waals surface area contributed by atoms with Crippen molar-refractivity contribution >= 4 is 11.9 Å². The van der Waals surface area contributed by atoms with E-state index in [4.69, 9.17) is 4.74 Å². The number of aliphatic hydroxyl groups excluding tert-OH is 2. The number of ether oxygens (including phenoxy) is 1. The number of amides is 1. The van der Waals surface area contributed by atoms with Crippen LogP contribution in [0.15, 0.2) is 24.3 Å². The minimum absolute atomic E-state index is 0.0208. The van der Waals surface area contributed by atoms with Gasteiger partial charge in [-0.1, -0.05) is 443 Å². The van der Waals surface area contributed by atoms with Gasteiger partial charge in [-0.15, -0.1) is 0 Å². The van der Waals surface area contributed by atoms with Crippen LogP contribution >= 0.6 is 0 Å². The number of hydrogen-bond acceptors (Lipinski definition) is 5. The van der Waals surface area contributed by atoms with Crippen molar-refractivity contribution in [2.24, 2.45) is 0 Å². The van der Waals surface area contributed by atoms with Gasteiger partial charge in [-0.3, -0.25) is 9.59 Å². The fourth-order valence-electron chi connectivity index (χ4n) is 14.3. The van der Waals surface area contributed by atoms with Crippen molar-refractivity contribution < 1.29 is 24.5 Å². The monoisotopic (exact) mass is 1340 g/mol. The van der Waals surface area contributed by atoms with E-state index in [1.165, 1.54) is 437 Å². The van der Waals surface area contributed by atoms with Crippen molar-refractivity contribution in [3.63, 3.8) is 0 Å². The molecule has 0 heterocycles. The van der Waals surface area contributed by atoms with E-state index in [1.807, 2.05) is 0 Å². The number of aliphatic hydroxyl groups is 2. The molecule has 1 amide bonds. The molecule has 6 heteroatoms. The second-order valence-corrected chi connectivity index (χ2v) is 30.6. The molecule has 564 valence electrons. The minimum Gasteiger partial charge on any atom is -0.466 e. The summed E-state index contributed by atoms with van der Waals surface area (Å²) in [6, 6.07) is -0.539. The maximum atomic E-state index is 12.6. The lowest BCUT2D eigenvalue weighted by atomic mass is 10.0. The molecule has 0 aliphatic rings. The van der Waals surface area contributed by atoms with Gasteiger partial charge >= 0.3 is 5.97 Å². The third kappa shape index (κ3) is 81.2. The first-order chi connectivity index (χ1) is 47.0. The van der Waals surface area contributed by atoms with Crippen LogP contribution in [0.5, 0.6) is 0 Å². The molecule has 0 aromatic rings. The summed E-state index contributed by atoms with van der Waals surface area (Å²) in [6.07, 6.45) is 110. The second-order valence-electron chi connectivity index (χ2n) is 30.6. The second kappa shape index (κ2) is 84.8. The summed E-state index contributed by atoms with van der Waals surface area (Å²) in [4.78, 5) is 24.7. The Morgan fingerprint density at radius 3 is 0.747 bits per heavy atom. The molecule has 0 aromatic heterocycles. The first kappa shape index (κ1) is 93.3. The van der Waals surface area contributed by atoms with Gasteiger partial charge < -0.3 is 20.3 Å². The first-order valence-corrected chi connectivity index (χ1v) is 44.1. The van der Waals surface area contributed by atoms with E-state index < -0.39 is 12.1 Å². The standard InChI is InChI=1S/C89H173NO5/c1-3-5-7-9-11-13-15-17-19-21-23-43-46-49-53-57-61-65-69-73-77-81-87(92)86(85-91)90-88(93)82-78-74-70-66-62-58-54-50-47-44-41-39-37-35-33-31-29-27-25-24-26-28-30-32-34-36-38-40-42-45-48-52-56-60-64-68-72-76-80-84-95-89(94)83-79-75-71-67-63-59-55-51-22-20-18-16-14-12-10-8-6-4-2/h20,22,24-25,86-87,91-92H,3-19,21,23,26-85H2,1-2H3,(H,90,93)/b22-20-,25-24-. The number of unbranched alkanes of at least 4 members (excludes halogenated alkanes) is 69. The lowest BCUT2D eigenvalue weighted by molar-refractivity contribution is -0.143. The van der Waals surface area contributed by atoms with Crippen molar-refractivity contribution in [3.8, 4) is 0 Å². The zero-order valence-electron chi connectivity index (χ0n) is 64.9. The highest BCUT2D eigenvalue weighted by Crippen LogP contribution is 2.21. The van der Waals surface area contributed by atoms with Gasteiger partial charge in [0.25, 0.3) is 0 Å². The predicted molar refractivity (Wildman–Crippen MR) is 421 cm³/mol. The predicted octanol–water partition coefficient (Wildman–Crippen LogP) is 29.6. The van der Waals surface area contributed by atoms with Gasteiger partial charge in [-0.05, 0) is 77.0 Å². The Balaban J connectivity index is 3.32. The molecule has 2 atom stereocenters. The highest BCUT2D eigenvalue weighted by molar-refractivity contribution is 5.76. The molecule has 0 rings (SSSR count). The molecule has 3 N–H and O–H groups in total. The summed E-state index contributed by atoms with van der Waals surface area (Å²) in [5.41, 5.74) is 0. The highest BCUT2D eigenvalue weighted by atomic mass is 16.5. The Bertz CT molecular complexity index is 1500. The van der Waals surface area contributed by atoms with E-state index in [9.17, 15) is 19.8 Å². The number of allylic oxidation sites excluding steroid dienone is 4. The van der Waals surface area contributed by atoms with E-state index in [0.717, 1.165) is 38.5 Å². The number of nitrogens with one attached hydrogen (secondary N) is 1. The van der Waals surface area contributed by atoms with E-state index in [0.29, 0.717) is 25.9 Å². The van der Waals surface area contributed by atoms with Gasteiger partial charge in [0.1, 0.15) is 0 Å². The molecule has 0 spiro atoms. The molecule has 0 fully saturated rings. The van der Waals surface area contributed by atoms with Gasteiger partial charge in [-0.25, -0.2) is 0 Å². The molecule has 0 saturated heterocycles. The Morgan fingerprint density at radius 1 is 0.284 bits per heavy atom. The minimum atomic E-state index is -0.662. The van der Waals surface area contributed by atoms with Crippen LogP contribution in [0.25, 0.3) is 0 Å². The maximum absolute atomic E-state index is 12.6. The lowest BCUT2D eigenvalue weighted by Crippen LogP contribution is -2.45. The van der Waals surface area contributed by atoms with Gasteiger partial charge in [0.2, 0.25) is 5.91 Å². The molecule has 6 nitrogen and oxygen atoms in total. The fourth-order valence-corrected chi connectivity index (χ4v) is 14.3. The lowest BCUT2D eigenvalue weighted by Gasteiger charge is -2.22. The normalized spacial score (nSPS) is 12.5. The molecule has 95 heavy (non-hydrogen) atoms. The summed E-state index contributed by atoms with van der Waals surface area (Å²) in [5.74, 6) is -0.00396. The molecule has 2 unspecified atom stereocenters. The summed E-state index contributed by atoms with van der Waals surface area (Å²) in [7, 11) is 0. The van der Waals surface area contributed by atoms with Gasteiger partial charge in [0.05, 0.1) is 25.4 Å². The van der Waals surface area contributed by atoms with Crippen molar-refractivity contribution in [1.29, 1.82) is 0 Å². The van der Waals surface area contributed by atoms with Crippen LogP contribution in [0, 0.1) is 0 Å². The van der Waals surface area contributed by atoms with Crippen molar-refractivity contribution in [2.75, 3.05) is 13.2 Å². The van der Waals surface area contributed by atoms with Gasteiger partial charge in [-0.2, -0.15) is 0 Å². The quantitative estimate of drug-likeness (QED) is 0.0320. The van der Waals surface area contributed by atoms with Crippen LogP contribution in [0.1, 0.15) is 508 Å². The van der Waals surface area contributed by atoms with Gasteiger partial charge in [0.15, 0.2) is 0 Å². The third-order valence-corrected chi connectivity index (χ3v) is 21.0. The Hall–Kier alpha value is -1.66. The smallest absolute Gasteiger partial charge is 0.305 e. The molecular weight excluding hydrogens is 1160 g/mol. The molecule has 0 aromatic carbocycles. The van der Waals surface area contributed by atoms with Crippen LogP contribution in [0.4, 0.5) is 0 Å². The van der Waals surface area contributed by atoms with Crippen LogP contribution in [-0.2, 0) is 14.3 Å². The van der Waals surface area contributed by atoms with E-state index in [1.54, 1.807) is 0 Å². The summed E-state index contributed by atoms with van der Waals surface area (Å²) >= 11 is 0. The third-order valence-electron chi connectivity index (χ3n) is 21.0. The van der Waals surface area contributed by atoms with Crippen molar-refractivity contribution in [3.05, 3.63) is 24.3 Å². The maximum Gasteiger partial charge on any atom is 0.305 e. The topological polar surface area (TPSA) is 95.9 Å². The zero-order chi connectivity index (χ0) is 68.4. The summed E-state index contributed by atoms with van der Waals surface area (Å²) in [5, 5.41) is 23.5. The Labute approximate surface area is 596 Å². The van der Waals surface area contributed by atoms with Gasteiger partial charge in [0, 0.05) is 12.8 Å². The fraction of sp³-hybridized carbons (Fsp3) is 0.933. The molecular formula is C89H173NO5. The zero-order valence-corrected chi connectivity index (χ0v) is 64.9. The molecule has 0 aliphatic heterocycles. The number of hydrogen-bond donors (Lipinski definition) is 3. The average molecular weight is 1340 g/mol.